The zero-order valence-corrected chi connectivity index (χ0v) is 26.2. The lowest BCUT2D eigenvalue weighted by molar-refractivity contribution is -0.126. The number of likely N-dealkylation sites (tertiary alicyclic amines) is 1. The van der Waals surface area contributed by atoms with Gasteiger partial charge in [0.1, 0.15) is 41.0 Å². The summed E-state index contributed by atoms with van der Waals surface area (Å²) < 4.78 is 32.9. The molecule has 4 aromatic rings. The van der Waals surface area contributed by atoms with Crippen LogP contribution in [-0.2, 0) is 9.53 Å². The molecule has 2 N–H and O–H groups in total. The first-order valence-electron chi connectivity index (χ1n) is 15.4. The number of hydrogen-bond acceptors (Lipinski definition) is 10. The van der Waals surface area contributed by atoms with Gasteiger partial charge in [0, 0.05) is 62.0 Å². The SMILES string of the molecule is C=CC(=O)N1CCC(Nc2cc3c(Nc4ccc(Oc5ccnc(N6C[C@@H](C)O[C@@H](C)C6)c5)cc4F)ncnc3cc2OC)CC1. The van der Waals surface area contributed by atoms with Crippen LogP contribution in [0, 0.1) is 5.82 Å². The zero-order valence-electron chi connectivity index (χ0n) is 26.2. The summed E-state index contributed by atoms with van der Waals surface area (Å²) in [5, 5.41) is 7.38. The Bertz CT molecular complexity index is 1720. The Kier molecular flexibility index (Phi) is 9.16. The molecule has 0 saturated carbocycles. The molecule has 2 atom stereocenters. The van der Waals surface area contributed by atoms with Crippen molar-refractivity contribution >= 4 is 39.8 Å². The van der Waals surface area contributed by atoms with E-state index >= 15 is 4.39 Å². The quantitative estimate of drug-likeness (QED) is 0.217. The Morgan fingerprint density at radius 3 is 2.50 bits per heavy atom. The van der Waals surface area contributed by atoms with Crippen LogP contribution in [0.1, 0.15) is 26.7 Å². The number of rotatable bonds is 9. The van der Waals surface area contributed by atoms with Gasteiger partial charge in [0.15, 0.2) is 0 Å². The zero-order chi connectivity index (χ0) is 32.2. The molecule has 2 aromatic carbocycles. The smallest absolute Gasteiger partial charge is 0.245 e. The second-order valence-corrected chi connectivity index (χ2v) is 11.6. The molecule has 12 heteroatoms. The van der Waals surface area contributed by atoms with Crippen LogP contribution in [0.15, 0.2) is 67.6 Å². The fourth-order valence-corrected chi connectivity index (χ4v) is 5.98. The molecule has 240 valence electrons. The van der Waals surface area contributed by atoms with Gasteiger partial charge >= 0.3 is 0 Å². The van der Waals surface area contributed by atoms with Crippen molar-refractivity contribution in [3.63, 3.8) is 0 Å². The normalized spacial score (nSPS) is 18.7. The number of halogens is 1. The molecule has 46 heavy (non-hydrogen) atoms. The van der Waals surface area contributed by atoms with E-state index in [0.717, 1.165) is 37.4 Å². The summed E-state index contributed by atoms with van der Waals surface area (Å²) in [4.78, 5) is 29.3. The third kappa shape index (κ3) is 6.96. The molecule has 1 amide bonds. The van der Waals surface area contributed by atoms with Crippen molar-refractivity contribution in [3.8, 4) is 17.2 Å². The summed E-state index contributed by atoms with van der Waals surface area (Å²) in [7, 11) is 1.60. The Morgan fingerprint density at radius 1 is 1.02 bits per heavy atom. The Labute approximate surface area is 267 Å². The monoisotopic (exact) mass is 627 g/mol. The molecule has 0 bridgehead atoms. The van der Waals surface area contributed by atoms with Crippen LogP contribution in [0.2, 0.25) is 0 Å². The summed E-state index contributed by atoms with van der Waals surface area (Å²) in [6, 6.07) is 12.1. The highest BCUT2D eigenvalue weighted by Crippen LogP contribution is 2.35. The second-order valence-electron chi connectivity index (χ2n) is 11.6. The predicted octanol–water partition coefficient (Wildman–Crippen LogP) is 5.91. The summed E-state index contributed by atoms with van der Waals surface area (Å²) in [6.07, 6.45) is 6.22. The van der Waals surface area contributed by atoms with Gasteiger partial charge in [-0.3, -0.25) is 4.79 Å². The number of methoxy groups -OCH3 is 1. The highest BCUT2D eigenvalue weighted by Gasteiger charge is 2.24. The molecule has 11 nitrogen and oxygen atoms in total. The van der Waals surface area contributed by atoms with Crippen LogP contribution in [0.3, 0.4) is 0 Å². The van der Waals surface area contributed by atoms with E-state index in [1.807, 2.05) is 32.0 Å². The molecule has 2 saturated heterocycles. The molecule has 2 aliphatic heterocycles. The van der Waals surface area contributed by atoms with Gasteiger partial charge in [0.05, 0.1) is 36.2 Å². The highest BCUT2D eigenvalue weighted by atomic mass is 19.1. The van der Waals surface area contributed by atoms with Crippen molar-refractivity contribution in [1.82, 2.24) is 19.9 Å². The van der Waals surface area contributed by atoms with Crippen molar-refractivity contribution in [3.05, 3.63) is 73.5 Å². The van der Waals surface area contributed by atoms with E-state index in [1.165, 1.54) is 18.5 Å². The maximum atomic E-state index is 15.4. The van der Waals surface area contributed by atoms with E-state index < -0.39 is 5.82 Å². The fourth-order valence-electron chi connectivity index (χ4n) is 5.98. The predicted molar refractivity (Wildman–Crippen MR) is 176 cm³/mol. The minimum Gasteiger partial charge on any atom is -0.495 e. The van der Waals surface area contributed by atoms with E-state index in [0.29, 0.717) is 47.1 Å². The number of morpholine rings is 1. The highest BCUT2D eigenvalue weighted by molar-refractivity contribution is 5.95. The van der Waals surface area contributed by atoms with Crippen molar-refractivity contribution < 1.29 is 23.4 Å². The molecule has 0 radical (unpaired) electrons. The van der Waals surface area contributed by atoms with Gasteiger partial charge in [-0.25, -0.2) is 19.3 Å². The van der Waals surface area contributed by atoms with Gasteiger partial charge in [-0.2, -0.15) is 0 Å². The van der Waals surface area contributed by atoms with Crippen molar-refractivity contribution in [2.75, 3.05) is 48.8 Å². The third-order valence-corrected chi connectivity index (χ3v) is 8.19. The average Bonchev–Trinajstić information content (AvgIpc) is 3.05. The molecule has 2 aromatic heterocycles. The van der Waals surface area contributed by atoms with Gasteiger partial charge in [0.25, 0.3) is 0 Å². The summed E-state index contributed by atoms with van der Waals surface area (Å²) >= 11 is 0. The molecule has 0 unspecified atom stereocenters. The minimum atomic E-state index is -0.498. The van der Waals surface area contributed by atoms with Crippen LogP contribution in [0.4, 0.5) is 27.4 Å². The third-order valence-electron chi connectivity index (χ3n) is 8.19. The van der Waals surface area contributed by atoms with Crippen LogP contribution in [0.25, 0.3) is 10.9 Å². The maximum absolute atomic E-state index is 15.4. The number of pyridine rings is 1. The number of anilines is 4. The topological polar surface area (TPSA) is 114 Å². The van der Waals surface area contributed by atoms with E-state index in [1.54, 1.807) is 36.4 Å². The number of aromatic nitrogens is 3. The number of ether oxygens (including phenoxy) is 3. The van der Waals surface area contributed by atoms with Gasteiger partial charge in [-0.1, -0.05) is 6.58 Å². The number of piperidine rings is 1. The second kappa shape index (κ2) is 13.6. The Morgan fingerprint density at radius 2 is 1.78 bits per heavy atom. The van der Waals surface area contributed by atoms with E-state index in [2.05, 4.69) is 37.1 Å². The Balaban J connectivity index is 1.17. The van der Waals surface area contributed by atoms with Gasteiger partial charge in [-0.15, -0.1) is 0 Å². The molecule has 2 fully saturated rings. The van der Waals surface area contributed by atoms with E-state index in [-0.39, 0.29) is 29.8 Å². The molecule has 4 heterocycles. The van der Waals surface area contributed by atoms with Gasteiger partial charge < -0.3 is 34.6 Å². The maximum Gasteiger partial charge on any atom is 0.245 e. The van der Waals surface area contributed by atoms with Crippen molar-refractivity contribution in [2.24, 2.45) is 0 Å². The molecule has 0 aliphatic carbocycles. The molecule has 6 rings (SSSR count). The molecular weight excluding hydrogens is 589 g/mol. The van der Waals surface area contributed by atoms with Gasteiger partial charge in [-0.05, 0) is 57.0 Å². The largest absolute Gasteiger partial charge is 0.495 e. The number of nitrogens with zero attached hydrogens (tertiary/aromatic N) is 5. The minimum absolute atomic E-state index is 0.0545. The lowest BCUT2D eigenvalue weighted by Crippen LogP contribution is -2.45. The first kappa shape index (κ1) is 31.0. The number of amides is 1. The summed E-state index contributed by atoms with van der Waals surface area (Å²) in [5.74, 6) is 2.23. The fraction of sp³-hybridized carbons (Fsp3) is 0.353. The first-order valence-corrected chi connectivity index (χ1v) is 15.4. The number of nitrogens with one attached hydrogen (secondary N) is 2. The molecular formula is C34H38FN7O4. The number of carbonyl (C=O) groups is 1. The number of carbonyl (C=O) groups excluding carboxylic acids is 1. The van der Waals surface area contributed by atoms with E-state index in [4.69, 9.17) is 14.2 Å². The van der Waals surface area contributed by atoms with Crippen molar-refractivity contribution in [2.45, 2.75) is 44.9 Å². The van der Waals surface area contributed by atoms with Gasteiger partial charge in [0.2, 0.25) is 5.91 Å². The van der Waals surface area contributed by atoms with Crippen LogP contribution in [0.5, 0.6) is 17.2 Å². The van der Waals surface area contributed by atoms with Crippen LogP contribution in [-0.4, -0.2) is 77.3 Å². The molecule has 2 aliphatic rings. The first-order chi connectivity index (χ1) is 22.3. The Hall–Kier alpha value is -4.97. The van der Waals surface area contributed by atoms with Crippen molar-refractivity contribution in [1.29, 1.82) is 0 Å². The number of benzene rings is 2. The lowest BCUT2D eigenvalue weighted by atomic mass is 10.0. The number of fused-ring (bicyclic) bond motifs is 1. The van der Waals surface area contributed by atoms with E-state index in [9.17, 15) is 4.79 Å². The lowest BCUT2D eigenvalue weighted by Gasteiger charge is -2.36. The van der Waals surface area contributed by atoms with Crippen LogP contribution >= 0.6 is 0 Å². The molecule has 0 spiro atoms. The standard InChI is InChI=1S/C34H38FN7O4/c1-5-33(43)41-12-9-23(10-13-41)39-30-16-26-29(17-31(30)44-4)37-20-38-34(26)40-28-7-6-24(14-27(28)35)46-25-8-11-36-32(15-25)42-18-21(2)45-22(3)19-42/h5-8,11,14-17,20-23,39H,1,9-10,12-13,18-19H2,2-4H3,(H,37,38,40)/t21-,22+. The van der Waals surface area contributed by atoms with Crippen LogP contribution < -0.4 is 25.0 Å². The summed E-state index contributed by atoms with van der Waals surface area (Å²) in [5.41, 5.74) is 1.65. The number of hydrogen-bond donors (Lipinski definition) is 2. The summed E-state index contributed by atoms with van der Waals surface area (Å²) in [6.45, 7) is 10.4. The average molecular weight is 628 g/mol.